The third-order valence-electron chi connectivity index (χ3n) is 5.25. The van der Waals surface area contributed by atoms with Gasteiger partial charge in [-0.15, -0.1) is 0 Å². The van der Waals surface area contributed by atoms with Crippen LogP contribution in [0.4, 0.5) is 0 Å². The zero-order valence-electron chi connectivity index (χ0n) is 13.8. The first-order valence-electron chi connectivity index (χ1n) is 8.40. The molecule has 0 aliphatic carbocycles. The van der Waals surface area contributed by atoms with Gasteiger partial charge in [0, 0.05) is 6.04 Å². The summed E-state index contributed by atoms with van der Waals surface area (Å²) in [6.07, 6.45) is 3.52. The second-order valence-corrected chi connectivity index (χ2v) is 7.05. The van der Waals surface area contributed by atoms with E-state index in [-0.39, 0.29) is 30.6 Å². The topological polar surface area (TPSA) is 55.8 Å². The number of carbonyl (C=O) groups is 2. The molecule has 126 valence electrons. The van der Waals surface area contributed by atoms with E-state index in [1.807, 2.05) is 56.3 Å². The first kappa shape index (κ1) is 15.4. The van der Waals surface area contributed by atoms with E-state index in [4.69, 9.17) is 9.47 Å². The van der Waals surface area contributed by atoms with Crippen molar-refractivity contribution in [1.29, 1.82) is 0 Å². The quantitative estimate of drug-likeness (QED) is 0.626. The Morgan fingerprint density at radius 2 is 2.12 bits per heavy atom. The average Bonchev–Trinajstić information content (AvgIpc) is 3.22. The predicted octanol–water partition coefficient (Wildman–Crippen LogP) is 1.92. The molecule has 2 saturated heterocycles. The maximum absolute atomic E-state index is 12.8. The minimum atomic E-state index is -0.650. The van der Waals surface area contributed by atoms with Gasteiger partial charge >= 0.3 is 5.97 Å². The summed E-state index contributed by atoms with van der Waals surface area (Å²) < 4.78 is 11.5. The molecule has 0 unspecified atom stereocenters. The summed E-state index contributed by atoms with van der Waals surface area (Å²) in [6, 6.07) is 9.64. The molecule has 3 aliphatic rings. The number of rotatable bonds is 4. The number of ether oxygens (including phenoxy) is 2. The van der Waals surface area contributed by atoms with E-state index >= 15 is 0 Å². The minimum Gasteiger partial charge on any atom is -0.460 e. The van der Waals surface area contributed by atoms with Crippen LogP contribution < -0.4 is 0 Å². The Morgan fingerprint density at radius 1 is 1.38 bits per heavy atom. The fraction of sp³-hybridized carbons (Fsp3) is 0.474. The standard InChI is InChI=1S/C19H21NO4/c1-12(2)20-11-19-9-8-14(24-19)15(16(19)17(20)21)18(22)23-10-13-6-4-3-5-7-13/h3-9,12,14-16H,10-11H2,1-2H3/t14-,15-,16-,19+/m0/s1. The van der Waals surface area contributed by atoms with E-state index in [2.05, 4.69) is 0 Å². The normalized spacial score (nSPS) is 33.4. The summed E-state index contributed by atoms with van der Waals surface area (Å²) in [5.41, 5.74) is 0.282. The molecule has 4 rings (SSSR count). The highest BCUT2D eigenvalue weighted by atomic mass is 16.6. The van der Waals surface area contributed by atoms with E-state index < -0.39 is 17.4 Å². The molecular weight excluding hydrogens is 306 g/mol. The summed E-state index contributed by atoms with van der Waals surface area (Å²) in [6.45, 7) is 4.70. The van der Waals surface area contributed by atoms with Gasteiger partial charge in [-0.1, -0.05) is 42.5 Å². The van der Waals surface area contributed by atoms with Crippen LogP contribution in [0.2, 0.25) is 0 Å². The van der Waals surface area contributed by atoms with Crippen molar-refractivity contribution in [3.63, 3.8) is 0 Å². The highest BCUT2D eigenvalue weighted by Gasteiger charge is 2.67. The van der Waals surface area contributed by atoms with E-state index in [1.165, 1.54) is 0 Å². The monoisotopic (exact) mass is 327 g/mol. The lowest BCUT2D eigenvalue weighted by Gasteiger charge is -2.24. The van der Waals surface area contributed by atoms with Crippen molar-refractivity contribution in [2.45, 2.75) is 38.2 Å². The lowest BCUT2D eigenvalue weighted by Crippen LogP contribution is -2.40. The molecule has 4 atom stereocenters. The van der Waals surface area contributed by atoms with Gasteiger partial charge in [0.05, 0.1) is 18.6 Å². The SMILES string of the molecule is CC(C)N1C[C@@]23C=C[C@H](O2)[C@H](C(=O)OCc2ccccc2)[C@H]3C1=O. The van der Waals surface area contributed by atoms with Crippen molar-refractivity contribution < 1.29 is 19.1 Å². The van der Waals surface area contributed by atoms with Gasteiger partial charge in [-0.05, 0) is 19.4 Å². The predicted molar refractivity (Wildman–Crippen MR) is 86.8 cm³/mol. The Bertz CT molecular complexity index is 699. The molecule has 0 N–H and O–H groups in total. The number of nitrogens with zero attached hydrogens (tertiary/aromatic N) is 1. The molecule has 0 saturated carbocycles. The zero-order chi connectivity index (χ0) is 16.9. The van der Waals surface area contributed by atoms with Crippen molar-refractivity contribution in [1.82, 2.24) is 4.90 Å². The Labute approximate surface area is 141 Å². The van der Waals surface area contributed by atoms with Crippen LogP contribution >= 0.6 is 0 Å². The number of hydrogen-bond acceptors (Lipinski definition) is 4. The Hall–Kier alpha value is -2.14. The summed E-state index contributed by atoms with van der Waals surface area (Å²) in [7, 11) is 0. The summed E-state index contributed by atoms with van der Waals surface area (Å²) in [5.74, 6) is -1.36. The number of amides is 1. The van der Waals surface area contributed by atoms with Crippen molar-refractivity contribution >= 4 is 11.9 Å². The van der Waals surface area contributed by atoms with Crippen LogP contribution in [0, 0.1) is 11.8 Å². The number of benzene rings is 1. The second kappa shape index (κ2) is 5.45. The van der Waals surface area contributed by atoms with E-state index in [0.717, 1.165) is 5.56 Å². The van der Waals surface area contributed by atoms with Crippen LogP contribution in [0.15, 0.2) is 42.5 Å². The fourth-order valence-electron chi connectivity index (χ4n) is 4.06. The van der Waals surface area contributed by atoms with Crippen LogP contribution in [0.3, 0.4) is 0 Å². The molecule has 0 radical (unpaired) electrons. The van der Waals surface area contributed by atoms with Crippen LogP contribution in [-0.2, 0) is 25.7 Å². The van der Waals surface area contributed by atoms with Gasteiger partial charge in [-0.2, -0.15) is 0 Å². The van der Waals surface area contributed by atoms with E-state index in [0.29, 0.717) is 6.54 Å². The van der Waals surface area contributed by atoms with E-state index in [9.17, 15) is 9.59 Å². The lowest BCUT2D eigenvalue weighted by atomic mass is 9.77. The molecule has 1 aromatic carbocycles. The third-order valence-corrected chi connectivity index (χ3v) is 5.25. The minimum absolute atomic E-state index is 0.00138. The van der Waals surface area contributed by atoms with Crippen LogP contribution in [0.5, 0.6) is 0 Å². The second-order valence-electron chi connectivity index (χ2n) is 7.05. The van der Waals surface area contributed by atoms with Crippen LogP contribution in [0.1, 0.15) is 19.4 Å². The highest BCUT2D eigenvalue weighted by molar-refractivity contribution is 5.91. The summed E-state index contributed by atoms with van der Waals surface area (Å²) >= 11 is 0. The van der Waals surface area contributed by atoms with Gasteiger partial charge in [-0.25, -0.2) is 0 Å². The zero-order valence-corrected chi connectivity index (χ0v) is 13.8. The van der Waals surface area contributed by atoms with Gasteiger partial charge in [0.25, 0.3) is 0 Å². The number of hydrogen-bond donors (Lipinski definition) is 0. The molecule has 2 bridgehead atoms. The summed E-state index contributed by atoms with van der Waals surface area (Å²) in [5, 5.41) is 0. The molecule has 2 fully saturated rings. The molecule has 3 aliphatic heterocycles. The Kier molecular flexibility index (Phi) is 3.49. The fourth-order valence-corrected chi connectivity index (χ4v) is 4.06. The van der Waals surface area contributed by atoms with Gasteiger partial charge in [-0.3, -0.25) is 9.59 Å². The van der Waals surface area contributed by atoms with Crippen molar-refractivity contribution in [3.05, 3.63) is 48.0 Å². The maximum atomic E-state index is 12.8. The number of likely N-dealkylation sites (tertiary alicyclic amines) is 1. The Balaban J connectivity index is 1.52. The van der Waals surface area contributed by atoms with Gasteiger partial charge in [0.15, 0.2) is 0 Å². The smallest absolute Gasteiger partial charge is 0.313 e. The molecule has 3 heterocycles. The third kappa shape index (κ3) is 2.18. The molecule has 1 spiro atoms. The van der Waals surface area contributed by atoms with Crippen molar-refractivity contribution in [3.8, 4) is 0 Å². The average molecular weight is 327 g/mol. The number of carbonyl (C=O) groups excluding carboxylic acids is 2. The van der Waals surface area contributed by atoms with Crippen molar-refractivity contribution in [2.24, 2.45) is 11.8 Å². The van der Waals surface area contributed by atoms with Gasteiger partial charge in [0.2, 0.25) is 5.91 Å². The molecule has 5 nitrogen and oxygen atoms in total. The highest BCUT2D eigenvalue weighted by Crippen LogP contribution is 2.52. The molecular formula is C19H21NO4. The molecule has 24 heavy (non-hydrogen) atoms. The van der Waals surface area contributed by atoms with Crippen LogP contribution in [0.25, 0.3) is 0 Å². The van der Waals surface area contributed by atoms with Gasteiger partial charge < -0.3 is 14.4 Å². The summed E-state index contributed by atoms with van der Waals surface area (Å²) in [4.78, 5) is 27.3. The maximum Gasteiger partial charge on any atom is 0.313 e. The molecule has 1 aromatic rings. The number of fused-ring (bicyclic) bond motifs is 1. The number of esters is 1. The van der Waals surface area contributed by atoms with Gasteiger partial charge in [0.1, 0.15) is 18.1 Å². The first-order valence-corrected chi connectivity index (χ1v) is 8.40. The lowest BCUT2D eigenvalue weighted by molar-refractivity contribution is -0.155. The largest absolute Gasteiger partial charge is 0.460 e. The van der Waals surface area contributed by atoms with Crippen molar-refractivity contribution in [2.75, 3.05) is 6.54 Å². The molecule has 5 heteroatoms. The first-order chi connectivity index (χ1) is 11.5. The van der Waals surface area contributed by atoms with Crippen LogP contribution in [-0.4, -0.2) is 41.1 Å². The molecule has 0 aromatic heterocycles. The van der Waals surface area contributed by atoms with E-state index in [1.54, 1.807) is 4.90 Å². The molecule has 1 amide bonds. The Morgan fingerprint density at radius 3 is 2.83 bits per heavy atom.